The van der Waals surface area contributed by atoms with Crippen molar-refractivity contribution in [2.75, 3.05) is 31.9 Å². The molecule has 0 aliphatic carbocycles. The van der Waals surface area contributed by atoms with Gasteiger partial charge in [0.25, 0.3) is 0 Å². The minimum absolute atomic E-state index is 0.0214. The third-order valence-corrected chi connectivity index (χ3v) is 4.69. The molecule has 102 valence electrons. The lowest BCUT2D eigenvalue weighted by Crippen LogP contribution is -2.51. The number of aliphatic carboxylic acids is 1. The van der Waals surface area contributed by atoms with Crippen LogP contribution in [0, 0.1) is 5.92 Å². The fourth-order valence-corrected chi connectivity index (χ4v) is 3.56. The van der Waals surface area contributed by atoms with Crippen molar-refractivity contribution in [3.8, 4) is 0 Å². The molecule has 0 saturated carbocycles. The van der Waals surface area contributed by atoms with Crippen molar-refractivity contribution in [2.24, 2.45) is 5.92 Å². The van der Waals surface area contributed by atoms with Gasteiger partial charge in [-0.05, 0) is 12.8 Å². The molecule has 0 bridgehead atoms. The molecule has 2 amide bonds. The highest BCUT2D eigenvalue weighted by molar-refractivity contribution is 7.99. The van der Waals surface area contributed by atoms with Gasteiger partial charge in [-0.2, -0.15) is 11.8 Å². The largest absolute Gasteiger partial charge is 0.481 e. The Morgan fingerprint density at radius 1 is 1.22 bits per heavy atom. The second-order valence-corrected chi connectivity index (χ2v) is 6.58. The van der Waals surface area contributed by atoms with E-state index in [1.165, 1.54) is 0 Å². The highest BCUT2D eigenvalue weighted by atomic mass is 32.2. The van der Waals surface area contributed by atoms with Gasteiger partial charge in [0.05, 0.1) is 5.92 Å². The average Bonchev–Trinajstić information content (AvgIpc) is 2.38. The van der Waals surface area contributed by atoms with Crippen molar-refractivity contribution in [3.63, 3.8) is 0 Å². The zero-order valence-corrected chi connectivity index (χ0v) is 11.5. The lowest BCUT2D eigenvalue weighted by atomic mass is 9.98. The van der Waals surface area contributed by atoms with Crippen molar-refractivity contribution in [1.29, 1.82) is 0 Å². The summed E-state index contributed by atoms with van der Waals surface area (Å²) in [5, 5.41) is 9.51. The third kappa shape index (κ3) is 3.10. The van der Waals surface area contributed by atoms with E-state index >= 15 is 0 Å². The molecule has 0 aromatic rings. The molecule has 2 aliphatic heterocycles. The van der Waals surface area contributed by atoms with E-state index in [2.05, 4.69) is 6.92 Å². The standard InChI is InChI=1S/C12H20N2O3S/c1-9-7-14(5-6-18-9)12(17)13-4-2-3-10(8-13)11(15)16/h9-10H,2-8H2,1H3,(H,15,16)/t9?,10-/m0/s1. The maximum atomic E-state index is 12.3. The number of likely N-dealkylation sites (tertiary alicyclic amines) is 1. The van der Waals surface area contributed by atoms with Gasteiger partial charge in [0.1, 0.15) is 0 Å². The number of carbonyl (C=O) groups excluding carboxylic acids is 1. The second-order valence-electron chi connectivity index (χ2n) is 5.03. The number of carbonyl (C=O) groups is 2. The lowest BCUT2D eigenvalue weighted by Gasteiger charge is -2.38. The van der Waals surface area contributed by atoms with E-state index in [0.717, 1.165) is 25.3 Å². The number of hydrogen-bond acceptors (Lipinski definition) is 3. The van der Waals surface area contributed by atoms with E-state index < -0.39 is 5.97 Å². The number of nitrogens with zero attached hydrogens (tertiary/aromatic N) is 2. The smallest absolute Gasteiger partial charge is 0.320 e. The molecule has 2 atom stereocenters. The summed E-state index contributed by atoms with van der Waals surface area (Å²) in [5.41, 5.74) is 0. The summed E-state index contributed by atoms with van der Waals surface area (Å²) in [6.07, 6.45) is 1.48. The summed E-state index contributed by atoms with van der Waals surface area (Å²) in [5.74, 6) is -0.197. The van der Waals surface area contributed by atoms with Crippen molar-refractivity contribution in [1.82, 2.24) is 9.80 Å². The Labute approximate surface area is 112 Å². The fourth-order valence-electron chi connectivity index (χ4n) is 2.54. The molecule has 0 aromatic heterocycles. The first-order valence-electron chi connectivity index (χ1n) is 6.46. The van der Waals surface area contributed by atoms with Crippen LogP contribution in [0.5, 0.6) is 0 Å². The number of amides is 2. The van der Waals surface area contributed by atoms with Crippen LogP contribution in [0.15, 0.2) is 0 Å². The van der Waals surface area contributed by atoms with Gasteiger partial charge in [-0.1, -0.05) is 6.92 Å². The van der Waals surface area contributed by atoms with Gasteiger partial charge >= 0.3 is 12.0 Å². The molecule has 5 nitrogen and oxygen atoms in total. The zero-order chi connectivity index (χ0) is 13.1. The molecular weight excluding hydrogens is 252 g/mol. The molecule has 2 heterocycles. The number of piperidine rings is 1. The summed E-state index contributed by atoms with van der Waals surface area (Å²) in [7, 11) is 0. The van der Waals surface area contributed by atoms with E-state index in [9.17, 15) is 9.59 Å². The van der Waals surface area contributed by atoms with Crippen LogP contribution in [0.3, 0.4) is 0 Å². The van der Waals surface area contributed by atoms with Crippen LogP contribution in [0.2, 0.25) is 0 Å². The highest BCUT2D eigenvalue weighted by Crippen LogP contribution is 2.22. The van der Waals surface area contributed by atoms with Crippen LogP contribution in [0.1, 0.15) is 19.8 Å². The van der Waals surface area contributed by atoms with Crippen molar-refractivity contribution in [2.45, 2.75) is 25.0 Å². The van der Waals surface area contributed by atoms with Crippen LogP contribution in [-0.2, 0) is 4.79 Å². The van der Waals surface area contributed by atoms with Crippen LogP contribution in [-0.4, -0.2) is 64.1 Å². The quantitative estimate of drug-likeness (QED) is 0.782. The minimum Gasteiger partial charge on any atom is -0.481 e. The minimum atomic E-state index is -0.782. The summed E-state index contributed by atoms with van der Waals surface area (Å²) >= 11 is 1.88. The molecule has 2 fully saturated rings. The summed E-state index contributed by atoms with van der Waals surface area (Å²) in [6, 6.07) is 0.0214. The molecule has 0 radical (unpaired) electrons. The van der Waals surface area contributed by atoms with Crippen LogP contribution in [0.25, 0.3) is 0 Å². The van der Waals surface area contributed by atoms with E-state index in [4.69, 9.17) is 5.11 Å². The van der Waals surface area contributed by atoms with E-state index in [0.29, 0.717) is 24.8 Å². The molecule has 18 heavy (non-hydrogen) atoms. The maximum absolute atomic E-state index is 12.3. The SMILES string of the molecule is CC1CN(C(=O)N2CCC[C@H](C(=O)O)C2)CCS1. The predicted octanol–water partition coefficient (Wildman–Crippen LogP) is 1.34. The normalized spacial score (nSPS) is 29.2. The second kappa shape index (κ2) is 5.82. The first kappa shape index (κ1) is 13.5. The molecule has 0 aromatic carbocycles. The number of carboxylic acids is 1. The van der Waals surface area contributed by atoms with Crippen LogP contribution >= 0.6 is 11.8 Å². The average molecular weight is 272 g/mol. The number of hydrogen-bond donors (Lipinski definition) is 1. The van der Waals surface area contributed by atoms with Gasteiger partial charge in [-0.3, -0.25) is 4.79 Å². The predicted molar refractivity (Wildman–Crippen MR) is 70.8 cm³/mol. The van der Waals surface area contributed by atoms with Crippen molar-refractivity contribution in [3.05, 3.63) is 0 Å². The lowest BCUT2D eigenvalue weighted by molar-refractivity contribution is -0.143. The monoisotopic (exact) mass is 272 g/mol. The van der Waals surface area contributed by atoms with Gasteiger partial charge < -0.3 is 14.9 Å². The zero-order valence-electron chi connectivity index (χ0n) is 10.7. The molecule has 2 saturated heterocycles. The summed E-state index contributed by atoms with van der Waals surface area (Å²) in [4.78, 5) is 26.9. The number of urea groups is 1. The van der Waals surface area contributed by atoms with E-state index in [1.807, 2.05) is 16.7 Å². The molecule has 6 heteroatoms. The Hall–Kier alpha value is -0.910. The van der Waals surface area contributed by atoms with Crippen LogP contribution in [0.4, 0.5) is 4.79 Å². The van der Waals surface area contributed by atoms with Crippen molar-refractivity contribution < 1.29 is 14.7 Å². The molecule has 2 aliphatic rings. The number of thioether (sulfide) groups is 1. The van der Waals surface area contributed by atoms with Crippen molar-refractivity contribution >= 4 is 23.8 Å². The summed E-state index contributed by atoms with van der Waals surface area (Å²) < 4.78 is 0. The van der Waals surface area contributed by atoms with Gasteiger partial charge in [-0.25, -0.2) is 4.79 Å². The van der Waals surface area contributed by atoms with Gasteiger partial charge in [0, 0.05) is 37.2 Å². The van der Waals surface area contributed by atoms with E-state index in [1.54, 1.807) is 4.90 Å². The van der Waals surface area contributed by atoms with Gasteiger partial charge in [0.2, 0.25) is 0 Å². The Bertz CT molecular complexity index is 337. The molecule has 1 unspecified atom stereocenters. The third-order valence-electron chi connectivity index (χ3n) is 3.55. The van der Waals surface area contributed by atoms with E-state index in [-0.39, 0.29) is 11.9 Å². The number of carboxylic acid groups (broad SMARTS) is 1. The van der Waals surface area contributed by atoms with Gasteiger partial charge in [0.15, 0.2) is 0 Å². The Morgan fingerprint density at radius 3 is 2.61 bits per heavy atom. The number of rotatable bonds is 1. The fraction of sp³-hybridized carbons (Fsp3) is 0.833. The molecule has 2 rings (SSSR count). The first-order valence-corrected chi connectivity index (χ1v) is 7.51. The van der Waals surface area contributed by atoms with Gasteiger partial charge in [-0.15, -0.1) is 0 Å². The Morgan fingerprint density at radius 2 is 1.94 bits per heavy atom. The molecule has 1 N–H and O–H groups in total. The van der Waals surface area contributed by atoms with Crippen LogP contribution < -0.4 is 0 Å². The summed E-state index contributed by atoms with van der Waals surface area (Å²) in [6.45, 7) is 4.74. The highest BCUT2D eigenvalue weighted by Gasteiger charge is 2.31. The topological polar surface area (TPSA) is 60.9 Å². The Kier molecular flexibility index (Phi) is 4.37. The Balaban J connectivity index is 1.93. The maximum Gasteiger partial charge on any atom is 0.320 e. The molecule has 0 spiro atoms. The first-order chi connectivity index (χ1) is 8.58. The molecular formula is C12H20N2O3S.